The lowest BCUT2D eigenvalue weighted by molar-refractivity contribution is 0.499. The van der Waals surface area contributed by atoms with E-state index < -0.39 is 23.5 Å². The van der Waals surface area contributed by atoms with Crippen LogP contribution < -0.4 is 5.32 Å². The van der Waals surface area contributed by atoms with Gasteiger partial charge in [-0.2, -0.15) is 0 Å². The molecule has 0 aromatic heterocycles. The van der Waals surface area contributed by atoms with Gasteiger partial charge < -0.3 is 5.32 Å². The Morgan fingerprint density at radius 2 is 1.58 bits per heavy atom. The van der Waals surface area contributed by atoms with Crippen LogP contribution >= 0.6 is 0 Å². The lowest BCUT2D eigenvalue weighted by atomic mass is 9.94. The third kappa shape index (κ3) is 2.63. The maximum Gasteiger partial charge on any atom is 0.134 e. The molecule has 4 heteroatoms. The van der Waals surface area contributed by atoms with Crippen molar-refractivity contribution in [2.45, 2.75) is 13.0 Å². The van der Waals surface area contributed by atoms with Crippen molar-refractivity contribution < 1.29 is 13.2 Å². The van der Waals surface area contributed by atoms with E-state index in [1.165, 1.54) is 0 Å². The number of aryl methyl sites for hydroxylation is 1. The molecule has 2 aromatic rings. The van der Waals surface area contributed by atoms with Gasteiger partial charge in [0, 0.05) is 17.7 Å². The van der Waals surface area contributed by atoms with Crippen LogP contribution in [0, 0.1) is 24.4 Å². The molecule has 1 nitrogen and oxygen atoms in total. The minimum atomic E-state index is -0.918. The smallest absolute Gasteiger partial charge is 0.134 e. The van der Waals surface area contributed by atoms with E-state index in [4.69, 9.17) is 0 Å². The van der Waals surface area contributed by atoms with Gasteiger partial charge in [0.15, 0.2) is 0 Å². The summed E-state index contributed by atoms with van der Waals surface area (Å²) in [7, 11) is 1.61. The average Bonchev–Trinajstić information content (AvgIpc) is 2.34. The van der Waals surface area contributed by atoms with Crippen LogP contribution in [0.1, 0.15) is 22.7 Å². The summed E-state index contributed by atoms with van der Waals surface area (Å²) in [6.07, 6.45) is 0. The van der Waals surface area contributed by atoms with E-state index in [-0.39, 0.29) is 5.56 Å². The number of halogens is 3. The molecule has 0 saturated heterocycles. The summed E-state index contributed by atoms with van der Waals surface area (Å²) < 4.78 is 40.6. The van der Waals surface area contributed by atoms with Gasteiger partial charge in [0.25, 0.3) is 0 Å². The normalized spacial score (nSPS) is 12.5. The van der Waals surface area contributed by atoms with Crippen molar-refractivity contribution in [3.05, 3.63) is 70.5 Å². The maximum absolute atomic E-state index is 13.8. The second-order valence-electron chi connectivity index (χ2n) is 4.36. The van der Waals surface area contributed by atoms with E-state index in [2.05, 4.69) is 5.32 Å². The molecule has 0 amide bonds. The van der Waals surface area contributed by atoms with Gasteiger partial charge >= 0.3 is 0 Å². The lowest BCUT2D eigenvalue weighted by Crippen LogP contribution is -2.21. The van der Waals surface area contributed by atoms with Gasteiger partial charge in [0.2, 0.25) is 0 Å². The molecule has 0 aliphatic rings. The van der Waals surface area contributed by atoms with E-state index in [1.54, 1.807) is 19.2 Å². The van der Waals surface area contributed by atoms with Crippen LogP contribution in [-0.2, 0) is 0 Å². The zero-order valence-electron chi connectivity index (χ0n) is 10.7. The fourth-order valence-corrected chi connectivity index (χ4v) is 2.20. The molecule has 0 spiro atoms. The van der Waals surface area contributed by atoms with Crippen LogP contribution in [0.2, 0.25) is 0 Å². The van der Waals surface area contributed by atoms with E-state index in [0.29, 0.717) is 12.1 Å². The fraction of sp³-hybridized carbons (Fsp3) is 0.200. The van der Waals surface area contributed by atoms with Crippen molar-refractivity contribution in [3.63, 3.8) is 0 Å². The number of hydrogen-bond acceptors (Lipinski definition) is 1. The molecule has 0 fully saturated rings. The van der Waals surface area contributed by atoms with Crippen molar-refractivity contribution in [1.82, 2.24) is 5.32 Å². The molecule has 2 rings (SSSR count). The van der Waals surface area contributed by atoms with Crippen molar-refractivity contribution in [2.24, 2.45) is 0 Å². The lowest BCUT2D eigenvalue weighted by Gasteiger charge is -2.20. The molecule has 0 aliphatic heterocycles. The molecule has 0 radical (unpaired) electrons. The summed E-state index contributed by atoms with van der Waals surface area (Å²) in [6, 6.07) is 8.04. The van der Waals surface area contributed by atoms with Gasteiger partial charge in [-0.25, -0.2) is 13.2 Å². The molecular formula is C15H14F3N. The number of nitrogens with one attached hydrogen (secondary N) is 1. The Bertz CT molecular complexity index is 573. The van der Waals surface area contributed by atoms with Crippen LogP contribution in [0.3, 0.4) is 0 Å². The van der Waals surface area contributed by atoms with Gasteiger partial charge in [-0.15, -0.1) is 0 Å². The molecule has 2 aromatic carbocycles. The first kappa shape index (κ1) is 13.6. The Labute approximate surface area is 110 Å². The summed E-state index contributed by atoms with van der Waals surface area (Å²) in [6.45, 7) is 1.86. The summed E-state index contributed by atoms with van der Waals surface area (Å²) in [5.41, 5.74) is 1.50. The topological polar surface area (TPSA) is 12.0 Å². The molecule has 0 bridgehead atoms. The monoisotopic (exact) mass is 265 g/mol. The van der Waals surface area contributed by atoms with E-state index in [9.17, 15) is 13.2 Å². The second kappa shape index (κ2) is 5.45. The van der Waals surface area contributed by atoms with Crippen LogP contribution in [0.5, 0.6) is 0 Å². The first-order chi connectivity index (χ1) is 9.04. The summed E-state index contributed by atoms with van der Waals surface area (Å²) in [5, 5.41) is 2.87. The third-order valence-corrected chi connectivity index (χ3v) is 3.12. The molecule has 0 saturated carbocycles. The molecule has 0 heterocycles. The third-order valence-electron chi connectivity index (χ3n) is 3.12. The van der Waals surface area contributed by atoms with Crippen molar-refractivity contribution in [1.29, 1.82) is 0 Å². The SMILES string of the molecule is CNC(c1ccccc1C)c1c(F)cc(F)cc1F. The zero-order valence-corrected chi connectivity index (χ0v) is 10.7. The van der Waals surface area contributed by atoms with E-state index >= 15 is 0 Å². The molecule has 0 aliphatic carbocycles. The maximum atomic E-state index is 13.8. The Balaban J connectivity index is 2.58. The fourth-order valence-electron chi connectivity index (χ4n) is 2.20. The molecule has 1 unspecified atom stereocenters. The van der Waals surface area contributed by atoms with Crippen LogP contribution in [0.25, 0.3) is 0 Å². The molecule has 1 atom stereocenters. The van der Waals surface area contributed by atoms with Crippen molar-refractivity contribution in [3.8, 4) is 0 Å². The van der Waals surface area contributed by atoms with Crippen LogP contribution in [-0.4, -0.2) is 7.05 Å². The zero-order chi connectivity index (χ0) is 14.0. The highest BCUT2D eigenvalue weighted by atomic mass is 19.1. The number of rotatable bonds is 3. The van der Waals surface area contributed by atoms with Gasteiger partial charge in [-0.05, 0) is 25.1 Å². The Hall–Kier alpha value is -1.81. The van der Waals surface area contributed by atoms with Crippen molar-refractivity contribution in [2.75, 3.05) is 7.05 Å². The predicted octanol–water partition coefficient (Wildman–Crippen LogP) is 3.72. The van der Waals surface area contributed by atoms with Gasteiger partial charge in [-0.1, -0.05) is 24.3 Å². The number of hydrogen-bond donors (Lipinski definition) is 1. The standard InChI is InChI=1S/C15H14F3N/c1-9-5-3-4-6-11(9)15(19-2)14-12(17)7-10(16)8-13(14)18/h3-8,15,19H,1-2H3. The second-order valence-corrected chi connectivity index (χ2v) is 4.36. The quantitative estimate of drug-likeness (QED) is 0.891. The highest BCUT2D eigenvalue weighted by Crippen LogP contribution is 2.29. The Morgan fingerprint density at radius 1 is 1.00 bits per heavy atom. The largest absolute Gasteiger partial charge is 0.309 e. The van der Waals surface area contributed by atoms with Gasteiger partial charge in [0.1, 0.15) is 17.5 Å². The number of benzene rings is 2. The van der Waals surface area contributed by atoms with Crippen LogP contribution in [0.15, 0.2) is 36.4 Å². The van der Waals surface area contributed by atoms with E-state index in [1.807, 2.05) is 19.1 Å². The summed E-state index contributed by atoms with van der Waals surface area (Å²) in [5.74, 6) is -2.70. The Morgan fingerprint density at radius 3 is 2.11 bits per heavy atom. The molecular weight excluding hydrogens is 251 g/mol. The average molecular weight is 265 g/mol. The minimum absolute atomic E-state index is 0.168. The first-order valence-electron chi connectivity index (χ1n) is 5.92. The highest BCUT2D eigenvalue weighted by Gasteiger charge is 2.22. The minimum Gasteiger partial charge on any atom is -0.309 e. The van der Waals surface area contributed by atoms with E-state index in [0.717, 1.165) is 11.1 Å². The summed E-state index contributed by atoms with van der Waals surface area (Å²) >= 11 is 0. The van der Waals surface area contributed by atoms with Crippen molar-refractivity contribution >= 4 is 0 Å². The van der Waals surface area contributed by atoms with Crippen LogP contribution in [0.4, 0.5) is 13.2 Å². The first-order valence-corrected chi connectivity index (χ1v) is 5.92. The predicted molar refractivity (Wildman–Crippen MR) is 68.4 cm³/mol. The molecule has 1 N–H and O–H groups in total. The molecule has 100 valence electrons. The Kier molecular flexibility index (Phi) is 3.90. The van der Waals surface area contributed by atoms with Gasteiger partial charge in [0.05, 0.1) is 6.04 Å². The summed E-state index contributed by atoms with van der Waals surface area (Å²) in [4.78, 5) is 0. The van der Waals surface area contributed by atoms with Gasteiger partial charge in [-0.3, -0.25) is 0 Å². The highest BCUT2D eigenvalue weighted by molar-refractivity contribution is 5.38. The molecule has 19 heavy (non-hydrogen) atoms.